The molecule has 2 unspecified atom stereocenters. The van der Waals surface area contributed by atoms with E-state index in [4.69, 9.17) is 9.47 Å². The highest BCUT2D eigenvalue weighted by molar-refractivity contribution is 9.10. The van der Waals surface area contributed by atoms with Crippen LogP contribution >= 0.6 is 15.9 Å². The summed E-state index contributed by atoms with van der Waals surface area (Å²) >= 11 is 3.59. The Balaban J connectivity index is 2.89. The predicted octanol–water partition coefficient (Wildman–Crippen LogP) is 2.37. The Hall–Kier alpha value is -0.430. The van der Waals surface area contributed by atoms with E-state index in [1.165, 1.54) is 0 Å². The second-order valence-corrected chi connectivity index (χ2v) is 5.34. The second-order valence-electron chi connectivity index (χ2n) is 4.49. The van der Waals surface area contributed by atoms with E-state index in [-0.39, 0.29) is 12.1 Å². The second kappa shape index (κ2) is 8.68. The lowest BCUT2D eigenvalue weighted by molar-refractivity contribution is 0.0990. The van der Waals surface area contributed by atoms with Crippen molar-refractivity contribution in [1.82, 2.24) is 15.1 Å². The van der Waals surface area contributed by atoms with Crippen molar-refractivity contribution in [1.29, 1.82) is 0 Å². The molecule has 1 rings (SSSR count). The third kappa shape index (κ3) is 4.87. The molecule has 6 heteroatoms. The minimum atomic E-state index is 0.196. The molecule has 2 atom stereocenters. The van der Waals surface area contributed by atoms with Crippen LogP contribution in [0.25, 0.3) is 0 Å². The molecule has 110 valence electrons. The van der Waals surface area contributed by atoms with Gasteiger partial charge in [-0.05, 0) is 35.8 Å². The molecule has 0 saturated carbocycles. The number of hydrogen-bond donors (Lipinski definition) is 1. The minimum Gasteiger partial charge on any atom is -0.383 e. The van der Waals surface area contributed by atoms with Gasteiger partial charge in [0.1, 0.15) is 0 Å². The van der Waals surface area contributed by atoms with Crippen molar-refractivity contribution in [2.24, 2.45) is 0 Å². The topological polar surface area (TPSA) is 48.3 Å². The Morgan fingerprint density at radius 2 is 2.21 bits per heavy atom. The summed E-state index contributed by atoms with van der Waals surface area (Å²) in [6, 6.07) is 0.216. The Morgan fingerprint density at radius 3 is 2.79 bits per heavy atom. The Morgan fingerprint density at radius 1 is 1.47 bits per heavy atom. The first kappa shape index (κ1) is 16.6. The van der Waals surface area contributed by atoms with Gasteiger partial charge < -0.3 is 14.8 Å². The summed E-state index contributed by atoms with van der Waals surface area (Å²) in [6.45, 7) is 6.49. The fourth-order valence-electron chi connectivity index (χ4n) is 2.04. The molecule has 0 aliphatic heterocycles. The number of halogens is 1. The standard InChI is InChI=1S/C13H24BrN3O2/c1-5-15-12(8-10(2)19-4)13-11(14)9-16-17(13)6-7-18-3/h9-10,12,15H,5-8H2,1-4H3. The third-order valence-electron chi connectivity index (χ3n) is 3.09. The Kier molecular flexibility index (Phi) is 7.60. The molecule has 1 aromatic heterocycles. The van der Waals surface area contributed by atoms with Crippen LogP contribution in [0, 0.1) is 0 Å². The maximum absolute atomic E-state index is 5.38. The van der Waals surface area contributed by atoms with Crippen LogP contribution in [-0.4, -0.2) is 43.3 Å². The highest BCUT2D eigenvalue weighted by Gasteiger charge is 2.21. The molecule has 0 spiro atoms. The van der Waals surface area contributed by atoms with Gasteiger partial charge in [0, 0.05) is 14.2 Å². The molecule has 1 N–H and O–H groups in total. The van der Waals surface area contributed by atoms with Gasteiger partial charge in [-0.2, -0.15) is 5.10 Å². The minimum absolute atomic E-state index is 0.196. The molecule has 0 fully saturated rings. The quantitative estimate of drug-likeness (QED) is 0.753. The number of nitrogens with one attached hydrogen (secondary N) is 1. The number of aromatic nitrogens is 2. The van der Waals surface area contributed by atoms with Crippen LogP contribution in [0.2, 0.25) is 0 Å². The monoisotopic (exact) mass is 333 g/mol. The summed E-state index contributed by atoms with van der Waals surface area (Å²) in [4.78, 5) is 0. The van der Waals surface area contributed by atoms with E-state index in [0.717, 1.165) is 29.7 Å². The van der Waals surface area contributed by atoms with E-state index in [0.29, 0.717) is 6.61 Å². The molecule has 0 saturated heterocycles. The van der Waals surface area contributed by atoms with Gasteiger partial charge in [-0.15, -0.1) is 0 Å². The third-order valence-corrected chi connectivity index (χ3v) is 3.70. The highest BCUT2D eigenvalue weighted by atomic mass is 79.9. The molecule has 0 aliphatic carbocycles. The van der Waals surface area contributed by atoms with Gasteiger partial charge >= 0.3 is 0 Å². The fraction of sp³-hybridized carbons (Fsp3) is 0.769. The van der Waals surface area contributed by atoms with E-state index in [1.807, 2.05) is 10.9 Å². The fourth-order valence-corrected chi connectivity index (χ4v) is 2.61. The SMILES string of the molecule is CCNC(CC(C)OC)c1c(Br)cnn1CCOC. The van der Waals surface area contributed by atoms with Gasteiger partial charge in [0.05, 0.1) is 41.7 Å². The Bertz CT molecular complexity index is 371. The first-order chi connectivity index (χ1) is 9.13. The van der Waals surface area contributed by atoms with Gasteiger partial charge in [-0.3, -0.25) is 4.68 Å². The van der Waals surface area contributed by atoms with Crippen molar-refractivity contribution in [3.8, 4) is 0 Å². The van der Waals surface area contributed by atoms with Gasteiger partial charge in [0.25, 0.3) is 0 Å². The van der Waals surface area contributed by atoms with Crippen LogP contribution < -0.4 is 5.32 Å². The summed E-state index contributed by atoms with van der Waals surface area (Å²) < 4.78 is 13.5. The van der Waals surface area contributed by atoms with Gasteiger partial charge in [0.15, 0.2) is 0 Å². The average molecular weight is 334 g/mol. The zero-order valence-electron chi connectivity index (χ0n) is 12.1. The first-order valence-corrected chi connectivity index (χ1v) is 7.39. The summed E-state index contributed by atoms with van der Waals surface area (Å²) in [5.41, 5.74) is 1.16. The van der Waals surface area contributed by atoms with Gasteiger partial charge in [0.2, 0.25) is 0 Å². The lowest BCUT2D eigenvalue weighted by Gasteiger charge is -2.23. The molecule has 0 bridgehead atoms. The lowest BCUT2D eigenvalue weighted by atomic mass is 10.1. The van der Waals surface area contributed by atoms with E-state index < -0.39 is 0 Å². The Labute approximate surface area is 123 Å². The average Bonchev–Trinajstić information content (AvgIpc) is 2.76. The van der Waals surface area contributed by atoms with Crippen molar-refractivity contribution >= 4 is 15.9 Å². The zero-order chi connectivity index (χ0) is 14.3. The van der Waals surface area contributed by atoms with Crippen molar-refractivity contribution in [3.63, 3.8) is 0 Å². The molecule has 0 aromatic carbocycles. The molecule has 0 radical (unpaired) electrons. The molecule has 19 heavy (non-hydrogen) atoms. The highest BCUT2D eigenvalue weighted by Crippen LogP contribution is 2.27. The summed E-state index contributed by atoms with van der Waals surface area (Å²) in [5, 5.41) is 7.89. The molecule has 0 aliphatic rings. The normalized spacial score (nSPS) is 14.6. The smallest absolute Gasteiger partial charge is 0.0697 e. The van der Waals surface area contributed by atoms with Crippen molar-refractivity contribution < 1.29 is 9.47 Å². The summed E-state index contributed by atoms with van der Waals surface area (Å²) in [6.07, 6.45) is 2.94. The van der Waals surface area contributed by atoms with E-state index in [2.05, 4.69) is 40.2 Å². The first-order valence-electron chi connectivity index (χ1n) is 6.60. The maximum Gasteiger partial charge on any atom is 0.0697 e. The number of nitrogens with zero attached hydrogens (tertiary/aromatic N) is 2. The zero-order valence-corrected chi connectivity index (χ0v) is 13.7. The van der Waals surface area contributed by atoms with Crippen molar-refractivity contribution in [3.05, 3.63) is 16.4 Å². The van der Waals surface area contributed by atoms with Crippen molar-refractivity contribution in [2.45, 2.75) is 39.0 Å². The number of methoxy groups -OCH3 is 2. The number of rotatable bonds is 9. The van der Waals surface area contributed by atoms with Crippen LogP contribution in [0.5, 0.6) is 0 Å². The maximum atomic E-state index is 5.38. The van der Waals surface area contributed by atoms with Crippen LogP contribution in [0.3, 0.4) is 0 Å². The van der Waals surface area contributed by atoms with Gasteiger partial charge in [-0.1, -0.05) is 6.92 Å². The van der Waals surface area contributed by atoms with E-state index >= 15 is 0 Å². The molecular weight excluding hydrogens is 310 g/mol. The van der Waals surface area contributed by atoms with Crippen LogP contribution in [0.1, 0.15) is 32.0 Å². The van der Waals surface area contributed by atoms with Crippen LogP contribution in [-0.2, 0) is 16.0 Å². The van der Waals surface area contributed by atoms with Gasteiger partial charge in [-0.25, -0.2) is 0 Å². The number of ether oxygens (including phenoxy) is 2. The molecule has 1 aromatic rings. The predicted molar refractivity (Wildman–Crippen MR) is 79.3 cm³/mol. The van der Waals surface area contributed by atoms with Crippen LogP contribution in [0.4, 0.5) is 0 Å². The summed E-state index contributed by atoms with van der Waals surface area (Å²) in [7, 11) is 3.44. The molecular formula is C13H24BrN3O2. The largest absolute Gasteiger partial charge is 0.383 e. The molecule has 1 heterocycles. The summed E-state index contributed by atoms with van der Waals surface area (Å²) in [5.74, 6) is 0. The molecule has 5 nitrogen and oxygen atoms in total. The van der Waals surface area contributed by atoms with E-state index in [9.17, 15) is 0 Å². The van der Waals surface area contributed by atoms with Crippen molar-refractivity contribution in [2.75, 3.05) is 27.4 Å². The number of hydrogen-bond acceptors (Lipinski definition) is 4. The lowest BCUT2D eigenvalue weighted by Crippen LogP contribution is -2.28. The van der Waals surface area contributed by atoms with Crippen LogP contribution in [0.15, 0.2) is 10.7 Å². The molecule has 0 amide bonds. The van der Waals surface area contributed by atoms with E-state index in [1.54, 1.807) is 14.2 Å².